The van der Waals surface area contributed by atoms with Crippen molar-refractivity contribution in [3.8, 4) is 5.75 Å². The highest BCUT2D eigenvalue weighted by Crippen LogP contribution is 2.31. The second kappa shape index (κ2) is 6.38. The van der Waals surface area contributed by atoms with Gasteiger partial charge in [-0.15, -0.1) is 0 Å². The normalized spacial score (nSPS) is 12.2. The largest absolute Gasteiger partial charge is 0.508 e. The number of aromatic hydroxyl groups is 1. The Kier molecular flexibility index (Phi) is 4.79. The minimum absolute atomic E-state index is 0.101. The summed E-state index contributed by atoms with van der Waals surface area (Å²) in [4.78, 5) is 0. The van der Waals surface area contributed by atoms with Crippen molar-refractivity contribution in [3.63, 3.8) is 0 Å². The van der Waals surface area contributed by atoms with Crippen molar-refractivity contribution < 1.29 is 5.11 Å². The van der Waals surface area contributed by atoms with Gasteiger partial charge in [0.25, 0.3) is 0 Å². The average Bonchev–Trinajstić information content (AvgIpc) is 2.41. The Morgan fingerprint density at radius 2 is 1.90 bits per heavy atom. The molecule has 106 valence electrons. The molecule has 0 aliphatic rings. The number of halogens is 2. The summed E-state index contributed by atoms with van der Waals surface area (Å²) < 4.78 is 0. The van der Waals surface area contributed by atoms with Crippen LogP contribution >= 0.6 is 23.2 Å². The highest BCUT2D eigenvalue weighted by Gasteiger charge is 2.13. The maximum Gasteiger partial charge on any atom is 0.118 e. The minimum atomic E-state index is 0.101. The number of nitrogens with one attached hydrogen (secondary N) is 1. The number of phenols is 1. The van der Waals surface area contributed by atoms with Gasteiger partial charge in [-0.25, -0.2) is 0 Å². The SMILES string of the molecule is CCC(Nc1ccc(O)c(C)c1)c1ccc(Cl)cc1Cl. The van der Waals surface area contributed by atoms with E-state index >= 15 is 0 Å². The molecule has 2 rings (SSSR count). The molecule has 0 aliphatic heterocycles. The lowest BCUT2D eigenvalue weighted by atomic mass is 10.0. The molecule has 0 aromatic heterocycles. The zero-order valence-electron chi connectivity index (χ0n) is 11.5. The number of anilines is 1. The number of rotatable bonds is 4. The summed E-state index contributed by atoms with van der Waals surface area (Å²) in [7, 11) is 0. The Bertz CT molecular complexity index is 613. The predicted octanol–water partition coefficient (Wildman–Crippen LogP) is 5.57. The topological polar surface area (TPSA) is 32.3 Å². The van der Waals surface area contributed by atoms with Crippen molar-refractivity contribution in [1.82, 2.24) is 0 Å². The van der Waals surface area contributed by atoms with Crippen LogP contribution in [0.2, 0.25) is 10.0 Å². The molecular weight excluding hydrogens is 293 g/mol. The molecule has 20 heavy (non-hydrogen) atoms. The summed E-state index contributed by atoms with van der Waals surface area (Å²) >= 11 is 12.2. The maximum absolute atomic E-state index is 9.56. The third-order valence-electron chi connectivity index (χ3n) is 3.28. The average molecular weight is 310 g/mol. The van der Waals surface area contributed by atoms with Crippen LogP contribution in [0.4, 0.5) is 5.69 Å². The smallest absolute Gasteiger partial charge is 0.118 e. The Morgan fingerprint density at radius 3 is 2.50 bits per heavy atom. The van der Waals surface area contributed by atoms with Gasteiger partial charge < -0.3 is 10.4 Å². The van der Waals surface area contributed by atoms with Gasteiger partial charge in [0.1, 0.15) is 5.75 Å². The van der Waals surface area contributed by atoms with Crippen LogP contribution in [0.25, 0.3) is 0 Å². The molecule has 2 nitrogen and oxygen atoms in total. The first-order valence-electron chi connectivity index (χ1n) is 6.52. The molecule has 0 spiro atoms. The van der Waals surface area contributed by atoms with Crippen molar-refractivity contribution in [2.75, 3.05) is 5.32 Å². The van der Waals surface area contributed by atoms with Gasteiger partial charge in [0.05, 0.1) is 6.04 Å². The molecule has 0 aliphatic carbocycles. The third-order valence-corrected chi connectivity index (χ3v) is 3.85. The molecule has 1 atom stereocenters. The molecule has 2 N–H and O–H groups in total. The number of benzene rings is 2. The van der Waals surface area contributed by atoms with E-state index in [1.807, 2.05) is 31.2 Å². The minimum Gasteiger partial charge on any atom is -0.508 e. The van der Waals surface area contributed by atoms with Gasteiger partial charge in [0.15, 0.2) is 0 Å². The molecule has 0 fully saturated rings. The van der Waals surface area contributed by atoms with Crippen LogP contribution in [0.15, 0.2) is 36.4 Å². The summed E-state index contributed by atoms with van der Waals surface area (Å²) in [6, 6.07) is 11.1. The van der Waals surface area contributed by atoms with Crippen molar-refractivity contribution in [1.29, 1.82) is 0 Å². The van der Waals surface area contributed by atoms with Gasteiger partial charge >= 0.3 is 0 Å². The summed E-state index contributed by atoms with van der Waals surface area (Å²) in [6.07, 6.45) is 0.890. The third kappa shape index (κ3) is 3.38. The van der Waals surface area contributed by atoms with Crippen molar-refractivity contribution >= 4 is 28.9 Å². The van der Waals surface area contributed by atoms with E-state index in [4.69, 9.17) is 23.2 Å². The molecule has 0 saturated carbocycles. The first-order chi connectivity index (χ1) is 9.51. The van der Waals surface area contributed by atoms with Gasteiger partial charge in [-0.2, -0.15) is 0 Å². The molecule has 0 heterocycles. The zero-order valence-corrected chi connectivity index (χ0v) is 13.0. The number of hydrogen-bond acceptors (Lipinski definition) is 2. The van der Waals surface area contributed by atoms with Gasteiger partial charge in [-0.1, -0.05) is 36.2 Å². The van der Waals surface area contributed by atoms with Crippen molar-refractivity contribution in [2.45, 2.75) is 26.3 Å². The number of aryl methyl sites for hydroxylation is 1. The fourth-order valence-electron chi connectivity index (χ4n) is 2.13. The van der Waals surface area contributed by atoms with E-state index in [-0.39, 0.29) is 6.04 Å². The first-order valence-corrected chi connectivity index (χ1v) is 7.28. The number of phenolic OH excluding ortho intramolecular Hbond substituents is 1. The highest BCUT2D eigenvalue weighted by atomic mass is 35.5. The van der Waals surface area contributed by atoms with E-state index in [2.05, 4.69) is 12.2 Å². The van der Waals surface area contributed by atoms with E-state index in [1.54, 1.807) is 12.1 Å². The fraction of sp³-hybridized carbons (Fsp3) is 0.250. The molecule has 0 radical (unpaired) electrons. The molecule has 0 saturated heterocycles. The Hall–Kier alpha value is -1.38. The second-order valence-electron chi connectivity index (χ2n) is 4.77. The van der Waals surface area contributed by atoms with Crippen LogP contribution in [0.1, 0.15) is 30.5 Å². The fourth-order valence-corrected chi connectivity index (χ4v) is 2.67. The second-order valence-corrected chi connectivity index (χ2v) is 5.62. The molecule has 4 heteroatoms. The van der Waals surface area contributed by atoms with Gasteiger partial charge in [0.2, 0.25) is 0 Å². The maximum atomic E-state index is 9.56. The monoisotopic (exact) mass is 309 g/mol. The molecule has 2 aromatic carbocycles. The summed E-state index contributed by atoms with van der Waals surface area (Å²) in [5, 5.41) is 14.3. The quantitative estimate of drug-likeness (QED) is 0.723. The van der Waals surface area contributed by atoms with E-state index in [1.165, 1.54) is 0 Å². The van der Waals surface area contributed by atoms with Crippen LogP contribution in [-0.4, -0.2) is 5.11 Å². The lowest BCUT2D eigenvalue weighted by Crippen LogP contribution is -2.10. The molecule has 2 aromatic rings. The lowest BCUT2D eigenvalue weighted by Gasteiger charge is -2.20. The Labute approximate surface area is 129 Å². The van der Waals surface area contributed by atoms with Crippen LogP contribution < -0.4 is 5.32 Å². The van der Waals surface area contributed by atoms with Crippen LogP contribution in [0.3, 0.4) is 0 Å². The predicted molar refractivity (Wildman–Crippen MR) is 86.0 cm³/mol. The van der Waals surface area contributed by atoms with E-state index in [0.717, 1.165) is 23.2 Å². The standard InChI is InChI=1S/C16H17Cl2NO/c1-3-15(13-6-4-11(17)9-14(13)18)19-12-5-7-16(20)10(2)8-12/h4-9,15,19-20H,3H2,1-2H3. The zero-order chi connectivity index (χ0) is 14.7. The highest BCUT2D eigenvalue weighted by molar-refractivity contribution is 6.35. The molecule has 1 unspecified atom stereocenters. The molecular formula is C16H17Cl2NO. The Balaban J connectivity index is 2.26. The van der Waals surface area contributed by atoms with Crippen molar-refractivity contribution in [2.24, 2.45) is 0 Å². The Morgan fingerprint density at radius 1 is 1.15 bits per heavy atom. The van der Waals surface area contributed by atoms with Gasteiger partial charge in [0, 0.05) is 15.7 Å². The summed E-state index contributed by atoms with van der Waals surface area (Å²) in [5.74, 6) is 0.299. The van der Waals surface area contributed by atoms with Gasteiger partial charge in [-0.05, 0) is 54.8 Å². The molecule has 0 amide bonds. The summed E-state index contributed by atoms with van der Waals surface area (Å²) in [5.41, 5.74) is 2.81. The van der Waals surface area contributed by atoms with E-state index in [9.17, 15) is 5.11 Å². The van der Waals surface area contributed by atoms with E-state index < -0.39 is 0 Å². The van der Waals surface area contributed by atoms with Crippen LogP contribution in [0, 0.1) is 6.92 Å². The number of hydrogen-bond donors (Lipinski definition) is 2. The van der Waals surface area contributed by atoms with Crippen molar-refractivity contribution in [3.05, 3.63) is 57.6 Å². The first kappa shape index (κ1) is 15.0. The van der Waals surface area contributed by atoms with Gasteiger partial charge in [-0.3, -0.25) is 0 Å². The summed E-state index contributed by atoms with van der Waals surface area (Å²) in [6.45, 7) is 3.96. The van der Waals surface area contributed by atoms with E-state index in [0.29, 0.717) is 15.8 Å². The van der Waals surface area contributed by atoms with Crippen LogP contribution in [0.5, 0.6) is 5.75 Å². The van der Waals surface area contributed by atoms with Crippen LogP contribution in [-0.2, 0) is 0 Å². The lowest BCUT2D eigenvalue weighted by molar-refractivity contribution is 0.471. The molecule has 0 bridgehead atoms.